The lowest BCUT2D eigenvalue weighted by atomic mass is 10.2. The first-order valence-corrected chi connectivity index (χ1v) is 9.84. The van der Waals surface area contributed by atoms with Crippen LogP contribution in [0.1, 0.15) is 23.2 Å². The number of hydrogen-bond donors (Lipinski definition) is 2. The van der Waals surface area contributed by atoms with Crippen molar-refractivity contribution in [1.82, 2.24) is 14.9 Å². The minimum Gasteiger partial charge on any atom is -0.349 e. The Balaban J connectivity index is 1.37. The number of thioether (sulfide) groups is 1. The van der Waals surface area contributed by atoms with Gasteiger partial charge in [0, 0.05) is 24.3 Å². The molecule has 0 unspecified atom stereocenters. The van der Waals surface area contributed by atoms with Crippen LogP contribution in [0.2, 0.25) is 0 Å². The third kappa shape index (κ3) is 4.14. The molecule has 0 bridgehead atoms. The van der Waals surface area contributed by atoms with Crippen molar-refractivity contribution in [2.75, 3.05) is 11.1 Å². The van der Waals surface area contributed by atoms with E-state index in [1.54, 1.807) is 24.3 Å². The minimum absolute atomic E-state index is 0.0947. The first kappa shape index (κ1) is 17.6. The van der Waals surface area contributed by atoms with Gasteiger partial charge in [-0.15, -0.1) is 0 Å². The summed E-state index contributed by atoms with van der Waals surface area (Å²) in [5.41, 5.74) is 3.13. The average Bonchev–Trinajstić information content (AvgIpc) is 3.43. The summed E-state index contributed by atoms with van der Waals surface area (Å²) in [6, 6.07) is 15.2. The number of rotatable bonds is 6. The molecular weight excluding hydrogens is 360 g/mol. The van der Waals surface area contributed by atoms with Crippen LogP contribution in [0.15, 0.2) is 53.7 Å². The molecule has 2 N–H and O–H groups in total. The Kier molecular flexibility index (Phi) is 4.85. The van der Waals surface area contributed by atoms with Crippen molar-refractivity contribution in [2.45, 2.75) is 24.0 Å². The normalized spacial score (nSPS) is 13.5. The maximum absolute atomic E-state index is 12.3. The van der Waals surface area contributed by atoms with Gasteiger partial charge in [-0.25, -0.2) is 4.98 Å². The number of aryl methyl sites for hydroxylation is 1. The van der Waals surface area contributed by atoms with Crippen LogP contribution in [-0.4, -0.2) is 33.2 Å². The molecule has 1 fully saturated rings. The Morgan fingerprint density at radius 1 is 1.19 bits per heavy atom. The number of carbonyl (C=O) groups excluding carboxylic acids is 2. The summed E-state index contributed by atoms with van der Waals surface area (Å²) in [6.07, 6.45) is 2.09. The van der Waals surface area contributed by atoms with Gasteiger partial charge in [-0.1, -0.05) is 30.0 Å². The van der Waals surface area contributed by atoms with Crippen LogP contribution in [0, 0.1) is 0 Å². The Labute approximate surface area is 161 Å². The van der Waals surface area contributed by atoms with Crippen LogP contribution in [0.5, 0.6) is 0 Å². The molecule has 27 heavy (non-hydrogen) atoms. The van der Waals surface area contributed by atoms with Crippen molar-refractivity contribution in [1.29, 1.82) is 0 Å². The van der Waals surface area contributed by atoms with Crippen molar-refractivity contribution in [3.05, 3.63) is 54.1 Å². The van der Waals surface area contributed by atoms with E-state index in [-0.39, 0.29) is 17.6 Å². The average molecular weight is 380 g/mol. The van der Waals surface area contributed by atoms with Crippen LogP contribution in [0.4, 0.5) is 5.69 Å². The summed E-state index contributed by atoms with van der Waals surface area (Å²) >= 11 is 1.39. The first-order chi connectivity index (χ1) is 13.1. The Hall–Kier alpha value is -2.80. The molecule has 7 heteroatoms. The SMILES string of the molecule is Cn1c(SCC(=O)Nc2cccc(C(=O)NC3CC3)c2)nc2ccccc21. The molecule has 2 aromatic carbocycles. The van der Waals surface area contributed by atoms with Crippen LogP contribution in [0.25, 0.3) is 11.0 Å². The molecule has 0 atom stereocenters. The molecular formula is C20H20N4O2S. The van der Waals surface area contributed by atoms with Crippen molar-refractivity contribution >= 4 is 40.3 Å². The number of nitrogens with one attached hydrogen (secondary N) is 2. The molecule has 0 spiro atoms. The number of fused-ring (bicyclic) bond motifs is 1. The summed E-state index contributed by atoms with van der Waals surface area (Å²) in [6.45, 7) is 0. The highest BCUT2D eigenvalue weighted by atomic mass is 32.2. The summed E-state index contributed by atoms with van der Waals surface area (Å²) in [4.78, 5) is 29.0. The predicted molar refractivity (Wildman–Crippen MR) is 107 cm³/mol. The summed E-state index contributed by atoms with van der Waals surface area (Å²) in [5, 5.41) is 6.60. The van der Waals surface area contributed by atoms with Crippen LogP contribution >= 0.6 is 11.8 Å². The van der Waals surface area contributed by atoms with Crippen LogP contribution < -0.4 is 10.6 Å². The van der Waals surface area contributed by atoms with E-state index in [1.165, 1.54) is 11.8 Å². The minimum atomic E-state index is -0.133. The monoisotopic (exact) mass is 380 g/mol. The summed E-state index contributed by atoms with van der Waals surface area (Å²) in [7, 11) is 1.94. The maximum atomic E-state index is 12.3. The van der Waals surface area contributed by atoms with Crippen molar-refractivity contribution in [3.63, 3.8) is 0 Å². The van der Waals surface area contributed by atoms with Gasteiger partial charge >= 0.3 is 0 Å². The van der Waals surface area contributed by atoms with E-state index < -0.39 is 0 Å². The lowest BCUT2D eigenvalue weighted by molar-refractivity contribution is -0.113. The molecule has 0 aliphatic heterocycles. The number of imidazole rings is 1. The van der Waals surface area contributed by atoms with E-state index in [0.29, 0.717) is 17.3 Å². The fourth-order valence-electron chi connectivity index (χ4n) is 2.81. The Morgan fingerprint density at radius 2 is 2.00 bits per heavy atom. The van der Waals surface area contributed by atoms with E-state index in [0.717, 1.165) is 29.0 Å². The van der Waals surface area contributed by atoms with E-state index in [2.05, 4.69) is 15.6 Å². The maximum Gasteiger partial charge on any atom is 0.251 e. The first-order valence-electron chi connectivity index (χ1n) is 8.85. The number of hydrogen-bond acceptors (Lipinski definition) is 4. The number of benzene rings is 2. The lowest BCUT2D eigenvalue weighted by Crippen LogP contribution is -2.25. The molecule has 0 saturated heterocycles. The molecule has 6 nitrogen and oxygen atoms in total. The van der Waals surface area contributed by atoms with Gasteiger partial charge in [0.05, 0.1) is 16.8 Å². The van der Waals surface area contributed by atoms with E-state index >= 15 is 0 Å². The predicted octanol–water partition coefficient (Wildman–Crippen LogP) is 3.20. The zero-order valence-electron chi connectivity index (χ0n) is 14.9. The summed E-state index contributed by atoms with van der Waals surface area (Å²) in [5.74, 6) is 0.0184. The number of anilines is 1. The van der Waals surface area contributed by atoms with Gasteiger partial charge < -0.3 is 15.2 Å². The third-order valence-electron chi connectivity index (χ3n) is 4.40. The molecule has 3 aromatic rings. The number of para-hydroxylation sites is 2. The van der Waals surface area contributed by atoms with Crippen LogP contribution in [0.3, 0.4) is 0 Å². The number of nitrogens with zero attached hydrogens (tertiary/aromatic N) is 2. The van der Waals surface area contributed by atoms with Gasteiger partial charge in [0.1, 0.15) is 0 Å². The topological polar surface area (TPSA) is 76.0 Å². The highest BCUT2D eigenvalue weighted by molar-refractivity contribution is 7.99. The fraction of sp³-hybridized carbons (Fsp3) is 0.250. The number of carbonyl (C=O) groups is 2. The quantitative estimate of drug-likeness (QED) is 0.644. The summed E-state index contributed by atoms with van der Waals surface area (Å²) < 4.78 is 1.98. The van der Waals surface area contributed by atoms with Gasteiger partial charge in [-0.2, -0.15) is 0 Å². The highest BCUT2D eigenvalue weighted by Crippen LogP contribution is 2.23. The van der Waals surface area contributed by atoms with Gasteiger partial charge in [0.25, 0.3) is 5.91 Å². The largest absolute Gasteiger partial charge is 0.349 e. The van der Waals surface area contributed by atoms with Gasteiger partial charge in [0.2, 0.25) is 5.91 Å². The molecule has 138 valence electrons. The van der Waals surface area contributed by atoms with E-state index in [1.807, 2.05) is 35.9 Å². The molecule has 4 rings (SSSR count). The molecule has 1 saturated carbocycles. The van der Waals surface area contributed by atoms with Gasteiger partial charge in [0.15, 0.2) is 5.16 Å². The Bertz CT molecular complexity index is 1010. The van der Waals surface area contributed by atoms with Crippen molar-refractivity contribution in [2.24, 2.45) is 7.05 Å². The molecule has 1 aliphatic rings. The third-order valence-corrected chi connectivity index (χ3v) is 5.43. The molecule has 1 aliphatic carbocycles. The number of aromatic nitrogens is 2. The standard InChI is InChI=1S/C20H20N4O2S/c1-24-17-8-3-2-7-16(17)23-20(24)27-12-18(25)21-15-6-4-5-13(11-15)19(26)22-14-9-10-14/h2-8,11,14H,9-10,12H2,1H3,(H,21,25)(H,22,26). The smallest absolute Gasteiger partial charge is 0.251 e. The molecule has 0 radical (unpaired) electrons. The van der Waals surface area contributed by atoms with Gasteiger partial charge in [-0.3, -0.25) is 9.59 Å². The van der Waals surface area contributed by atoms with Crippen molar-refractivity contribution in [3.8, 4) is 0 Å². The van der Waals surface area contributed by atoms with Crippen LogP contribution in [-0.2, 0) is 11.8 Å². The zero-order valence-corrected chi connectivity index (χ0v) is 15.8. The van der Waals surface area contributed by atoms with Gasteiger partial charge in [-0.05, 0) is 43.2 Å². The second-order valence-corrected chi connectivity index (χ2v) is 7.55. The molecule has 1 aromatic heterocycles. The fourth-order valence-corrected chi connectivity index (χ4v) is 3.60. The molecule has 1 heterocycles. The Morgan fingerprint density at radius 3 is 2.78 bits per heavy atom. The molecule has 2 amide bonds. The van der Waals surface area contributed by atoms with E-state index in [9.17, 15) is 9.59 Å². The van der Waals surface area contributed by atoms with Crippen molar-refractivity contribution < 1.29 is 9.59 Å². The number of amides is 2. The zero-order chi connectivity index (χ0) is 18.8. The second-order valence-electron chi connectivity index (χ2n) is 6.61. The second kappa shape index (κ2) is 7.44. The van der Waals surface area contributed by atoms with E-state index in [4.69, 9.17) is 0 Å². The lowest BCUT2D eigenvalue weighted by Gasteiger charge is -2.08. The highest BCUT2D eigenvalue weighted by Gasteiger charge is 2.23.